The van der Waals surface area contributed by atoms with Crippen LogP contribution in [-0.4, -0.2) is 18.5 Å². The SMILES string of the molecule is C#CC(=O)CC1CCCCO1. The molecule has 0 aromatic heterocycles. The van der Waals surface area contributed by atoms with Crippen LogP contribution >= 0.6 is 0 Å². The van der Waals surface area contributed by atoms with Crippen LogP contribution < -0.4 is 0 Å². The molecule has 0 spiro atoms. The van der Waals surface area contributed by atoms with E-state index in [-0.39, 0.29) is 11.9 Å². The minimum Gasteiger partial charge on any atom is -0.378 e. The van der Waals surface area contributed by atoms with Crippen molar-refractivity contribution in [2.24, 2.45) is 0 Å². The lowest BCUT2D eigenvalue weighted by Gasteiger charge is -2.20. The summed E-state index contributed by atoms with van der Waals surface area (Å²) in [7, 11) is 0. The second-order valence-corrected chi connectivity index (χ2v) is 2.76. The minimum atomic E-state index is -0.142. The van der Waals surface area contributed by atoms with Crippen LogP contribution in [0.3, 0.4) is 0 Å². The summed E-state index contributed by atoms with van der Waals surface area (Å²) in [6, 6.07) is 0. The number of rotatable bonds is 2. The van der Waals surface area contributed by atoms with Gasteiger partial charge in [0.05, 0.1) is 6.10 Å². The lowest BCUT2D eigenvalue weighted by Crippen LogP contribution is -2.21. The Morgan fingerprint density at radius 3 is 3.00 bits per heavy atom. The first-order chi connectivity index (χ1) is 5.33. The molecule has 0 saturated carbocycles. The Kier molecular flexibility index (Phi) is 3.13. The summed E-state index contributed by atoms with van der Waals surface area (Å²) in [5.41, 5.74) is 0. The molecule has 1 heterocycles. The monoisotopic (exact) mass is 152 g/mol. The third kappa shape index (κ3) is 2.73. The first-order valence-electron chi connectivity index (χ1n) is 3.94. The van der Waals surface area contributed by atoms with Crippen molar-refractivity contribution >= 4 is 5.78 Å². The summed E-state index contributed by atoms with van der Waals surface area (Å²) in [5, 5.41) is 0. The summed E-state index contributed by atoms with van der Waals surface area (Å²) in [5.74, 6) is 1.95. The molecule has 0 N–H and O–H groups in total. The fourth-order valence-electron chi connectivity index (χ4n) is 1.23. The lowest BCUT2D eigenvalue weighted by molar-refractivity contribution is -0.117. The fraction of sp³-hybridized carbons (Fsp3) is 0.667. The van der Waals surface area contributed by atoms with Gasteiger partial charge in [0.1, 0.15) is 0 Å². The highest BCUT2D eigenvalue weighted by atomic mass is 16.5. The topological polar surface area (TPSA) is 26.3 Å². The molecule has 1 atom stereocenters. The van der Waals surface area contributed by atoms with Gasteiger partial charge < -0.3 is 4.74 Å². The Hall–Kier alpha value is -0.810. The molecule has 60 valence electrons. The van der Waals surface area contributed by atoms with E-state index in [4.69, 9.17) is 11.2 Å². The highest BCUT2D eigenvalue weighted by Crippen LogP contribution is 2.15. The average Bonchev–Trinajstić information content (AvgIpc) is 2.06. The zero-order valence-electron chi connectivity index (χ0n) is 6.51. The van der Waals surface area contributed by atoms with Gasteiger partial charge in [-0.15, -0.1) is 6.42 Å². The summed E-state index contributed by atoms with van der Waals surface area (Å²) in [6.45, 7) is 0.780. The van der Waals surface area contributed by atoms with Crippen LogP contribution in [0.4, 0.5) is 0 Å². The van der Waals surface area contributed by atoms with Crippen LogP contribution in [0.1, 0.15) is 25.7 Å². The molecular formula is C9H12O2. The summed E-state index contributed by atoms with van der Waals surface area (Å²) < 4.78 is 5.33. The zero-order chi connectivity index (χ0) is 8.10. The van der Waals surface area contributed by atoms with E-state index < -0.39 is 0 Å². The summed E-state index contributed by atoms with van der Waals surface area (Å²) in [4.78, 5) is 10.8. The van der Waals surface area contributed by atoms with E-state index in [0.717, 1.165) is 25.9 Å². The van der Waals surface area contributed by atoms with Gasteiger partial charge in [-0.05, 0) is 25.2 Å². The van der Waals surface area contributed by atoms with E-state index in [2.05, 4.69) is 5.92 Å². The number of terminal acetylenes is 1. The molecule has 1 unspecified atom stereocenters. The highest BCUT2D eigenvalue weighted by molar-refractivity contribution is 5.95. The fourth-order valence-corrected chi connectivity index (χ4v) is 1.23. The normalized spacial score (nSPS) is 24.1. The van der Waals surface area contributed by atoms with Gasteiger partial charge in [0.15, 0.2) is 0 Å². The number of Topliss-reactive ketones (excluding diaryl/α,β-unsaturated/α-hetero) is 1. The van der Waals surface area contributed by atoms with Crippen LogP contribution in [-0.2, 0) is 9.53 Å². The van der Waals surface area contributed by atoms with E-state index in [9.17, 15) is 4.79 Å². The molecule has 11 heavy (non-hydrogen) atoms. The number of carbonyl (C=O) groups is 1. The van der Waals surface area contributed by atoms with Crippen molar-refractivity contribution in [1.29, 1.82) is 0 Å². The van der Waals surface area contributed by atoms with Crippen molar-refractivity contribution in [1.82, 2.24) is 0 Å². The first-order valence-corrected chi connectivity index (χ1v) is 3.94. The molecule has 0 aromatic carbocycles. The smallest absolute Gasteiger partial charge is 0.207 e. The molecule has 0 aromatic rings. The molecular weight excluding hydrogens is 140 g/mol. The quantitative estimate of drug-likeness (QED) is 0.438. The zero-order valence-corrected chi connectivity index (χ0v) is 6.51. The summed E-state index contributed by atoms with van der Waals surface area (Å²) >= 11 is 0. The van der Waals surface area contributed by atoms with Gasteiger partial charge in [-0.2, -0.15) is 0 Å². The van der Waals surface area contributed by atoms with E-state index in [1.807, 2.05) is 0 Å². The average molecular weight is 152 g/mol. The Labute approximate surface area is 66.9 Å². The van der Waals surface area contributed by atoms with Gasteiger partial charge in [-0.1, -0.05) is 0 Å². The third-order valence-electron chi connectivity index (χ3n) is 1.85. The minimum absolute atomic E-state index is 0.0901. The molecule has 2 heteroatoms. The van der Waals surface area contributed by atoms with Crippen molar-refractivity contribution in [3.8, 4) is 12.3 Å². The highest BCUT2D eigenvalue weighted by Gasteiger charge is 2.15. The molecule has 0 aliphatic carbocycles. The lowest BCUT2D eigenvalue weighted by atomic mass is 10.0. The van der Waals surface area contributed by atoms with Crippen LogP contribution in [0.5, 0.6) is 0 Å². The molecule has 0 radical (unpaired) electrons. The van der Waals surface area contributed by atoms with Crippen LogP contribution in [0.15, 0.2) is 0 Å². The van der Waals surface area contributed by atoms with Gasteiger partial charge in [0.2, 0.25) is 5.78 Å². The third-order valence-corrected chi connectivity index (χ3v) is 1.85. The maximum absolute atomic E-state index is 10.8. The molecule has 1 fully saturated rings. The number of hydrogen-bond acceptors (Lipinski definition) is 2. The molecule has 1 saturated heterocycles. The number of ether oxygens (including phenoxy) is 1. The Morgan fingerprint density at radius 2 is 2.45 bits per heavy atom. The van der Waals surface area contributed by atoms with Crippen LogP contribution in [0, 0.1) is 12.3 Å². The second kappa shape index (κ2) is 4.15. The first kappa shape index (κ1) is 8.29. The predicted octanol–water partition coefficient (Wildman–Crippen LogP) is 1.15. The number of ketones is 1. The van der Waals surface area contributed by atoms with Crippen molar-refractivity contribution in [2.75, 3.05) is 6.61 Å². The Morgan fingerprint density at radius 1 is 1.64 bits per heavy atom. The van der Waals surface area contributed by atoms with Crippen LogP contribution in [0.25, 0.3) is 0 Å². The van der Waals surface area contributed by atoms with Crippen molar-refractivity contribution < 1.29 is 9.53 Å². The molecule has 0 bridgehead atoms. The number of carbonyl (C=O) groups excluding carboxylic acids is 1. The van der Waals surface area contributed by atoms with Gasteiger partial charge in [0, 0.05) is 13.0 Å². The maximum atomic E-state index is 10.8. The number of hydrogen-bond donors (Lipinski definition) is 0. The second-order valence-electron chi connectivity index (χ2n) is 2.76. The van der Waals surface area contributed by atoms with E-state index >= 15 is 0 Å². The van der Waals surface area contributed by atoms with Crippen molar-refractivity contribution in [2.45, 2.75) is 31.8 Å². The van der Waals surface area contributed by atoms with Gasteiger partial charge in [-0.25, -0.2) is 0 Å². The van der Waals surface area contributed by atoms with Crippen molar-refractivity contribution in [3.63, 3.8) is 0 Å². The van der Waals surface area contributed by atoms with Gasteiger partial charge in [-0.3, -0.25) is 4.79 Å². The van der Waals surface area contributed by atoms with E-state index in [1.54, 1.807) is 0 Å². The maximum Gasteiger partial charge on any atom is 0.207 e. The van der Waals surface area contributed by atoms with E-state index in [1.165, 1.54) is 0 Å². The summed E-state index contributed by atoms with van der Waals surface area (Å²) in [6.07, 6.45) is 8.67. The largest absolute Gasteiger partial charge is 0.378 e. The molecule has 1 rings (SSSR count). The van der Waals surface area contributed by atoms with Gasteiger partial charge in [0.25, 0.3) is 0 Å². The molecule has 1 aliphatic heterocycles. The Bertz CT molecular complexity index is 172. The molecule has 1 aliphatic rings. The van der Waals surface area contributed by atoms with Crippen molar-refractivity contribution in [3.05, 3.63) is 0 Å². The van der Waals surface area contributed by atoms with E-state index in [0.29, 0.717) is 6.42 Å². The van der Waals surface area contributed by atoms with Gasteiger partial charge >= 0.3 is 0 Å². The standard InChI is InChI=1S/C9H12O2/c1-2-8(10)7-9-5-3-4-6-11-9/h1,9H,3-7H2. The van der Waals surface area contributed by atoms with Crippen LogP contribution in [0.2, 0.25) is 0 Å². The Balaban J connectivity index is 2.25. The molecule has 2 nitrogen and oxygen atoms in total. The molecule has 0 amide bonds. The predicted molar refractivity (Wildman–Crippen MR) is 42.0 cm³/mol.